The first-order valence-corrected chi connectivity index (χ1v) is 11.2. The van der Waals surface area contributed by atoms with Crippen molar-refractivity contribution in [3.05, 3.63) is 65.3 Å². The van der Waals surface area contributed by atoms with Crippen molar-refractivity contribution in [2.45, 2.75) is 37.1 Å². The lowest BCUT2D eigenvalue weighted by atomic mass is 10.1. The monoisotopic (exact) mass is 442 g/mol. The van der Waals surface area contributed by atoms with Crippen LogP contribution in [0.4, 0.5) is 5.69 Å². The molecule has 0 bridgehead atoms. The number of amides is 1. The molecule has 4 rings (SSSR count). The van der Waals surface area contributed by atoms with E-state index in [2.05, 4.69) is 20.2 Å². The molecule has 1 saturated carbocycles. The van der Waals surface area contributed by atoms with Gasteiger partial charge in [-0.1, -0.05) is 11.2 Å². The molecule has 1 aliphatic carbocycles. The van der Waals surface area contributed by atoms with Crippen LogP contribution in [0.25, 0.3) is 0 Å². The summed E-state index contributed by atoms with van der Waals surface area (Å²) in [5.41, 5.74) is 1.28. The lowest BCUT2D eigenvalue weighted by Crippen LogP contribution is -2.24. The molecule has 0 atom stereocenters. The molecule has 0 aliphatic heterocycles. The average molecular weight is 442 g/mol. The highest BCUT2D eigenvalue weighted by Gasteiger charge is 2.28. The standard InChI is InChI=1S/C21H22N4O5S/c1-13-3-10-17(31(27,28)25-15-6-8-16(29-2)9-7-15)11-18(13)21(26)22-12-19-23-20(24-30-19)14-4-5-14/h3,6-11,14,25H,4-5,12H2,1-2H3,(H,22,26). The number of methoxy groups -OCH3 is 1. The number of nitrogens with one attached hydrogen (secondary N) is 2. The third-order valence-electron chi connectivity index (χ3n) is 4.93. The predicted molar refractivity (Wildman–Crippen MR) is 112 cm³/mol. The normalized spacial score (nSPS) is 13.6. The summed E-state index contributed by atoms with van der Waals surface area (Å²) in [5.74, 6) is 1.53. The average Bonchev–Trinajstić information content (AvgIpc) is 3.50. The molecule has 10 heteroatoms. The molecule has 1 fully saturated rings. The molecular weight excluding hydrogens is 420 g/mol. The molecule has 1 aliphatic rings. The molecule has 162 valence electrons. The zero-order chi connectivity index (χ0) is 22.0. The topological polar surface area (TPSA) is 123 Å². The van der Waals surface area contributed by atoms with Crippen molar-refractivity contribution < 1.29 is 22.5 Å². The lowest BCUT2D eigenvalue weighted by Gasteiger charge is -2.11. The molecule has 0 radical (unpaired) electrons. The lowest BCUT2D eigenvalue weighted by molar-refractivity contribution is 0.0945. The maximum absolute atomic E-state index is 12.8. The number of benzene rings is 2. The molecule has 2 N–H and O–H groups in total. The fourth-order valence-electron chi connectivity index (χ4n) is 2.98. The predicted octanol–water partition coefficient (Wildman–Crippen LogP) is 2.99. The maximum atomic E-state index is 12.8. The molecule has 9 nitrogen and oxygen atoms in total. The van der Waals surface area contributed by atoms with Gasteiger partial charge in [0.25, 0.3) is 15.9 Å². The molecule has 0 unspecified atom stereocenters. The molecule has 3 aromatic rings. The van der Waals surface area contributed by atoms with Crippen LogP contribution >= 0.6 is 0 Å². The van der Waals surface area contributed by atoms with E-state index in [9.17, 15) is 13.2 Å². The Labute approximate surface area is 179 Å². The highest BCUT2D eigenvalue weighted by atomic mass is 32.2. The number of anilines is 1. The zero-order valence-electron chi connectivity index (χ0n) is 17.1. The minimum atomic E-state index is -3.88. The summed E-state index contributed by atoms with van der Waals surface area (Å²) in [6.07, 6.45) is 2.10. The Kier molecular flexibility index (Phi) is 5.64. The summed E-state index contributed by atoms with van der Waals surface area (Å²) in [6.45, 7) is 1.80. The minimum absolute atomic E-state index is 0.0205. The second-order valence-corrected chi connectivity index (χ2v) is 9.00. The summed E-state index contributed by atoms with van der Waals surface area (Å²) < 4.78 is 38.3. The van der Waals surface area contributed by atoms with Crippen LogP contribution in [-0.4, -0.2) is 31.6 Å². The van der Waals surface area contributed by atoms with E-state index in [0.29, 0.717) is 34.6 Å². The van der Waals surface area contributed by atoms with Gasteiger partial charge in [-0.05, 0) is 61.7 Å². The highest BCUT2D eigenvalue weighted by Crippen LogP contribution is 2.38. The third-order valence-corrected chi connectivity index (χ3v) is 6.31. The minimum Gasteiger partial charge on any atom is -0.497 e. The molecule has 1 amide bonds. The number of sulfonamides is 1. The van der Waals surface area contributed by atoms with Gasteiger partial charge in [-0.2, -0.15) is 4.98 Å². The van der Waals surface area contributed by atoms with Crippen molar-refractivity contribution in [2.75, 3.05) is 11.8 Å². The molecule has 1 aromatic heterocycles. The van der Waals surface area contributed by atoms with Crippen LogP contribution in [0.2, 0.25) is 0 Å². The van der Waals surface area contributed by atoms with Crippen LogP contribution in [0.15, 0.2) is 51.9 Å². The van der Waals surface area contributed by atoms with E-state index in [-0.39, 0.29) is 17.0 Å². The number of carbonyl (C=O) groups is 1. The smallest absolute Gasteiger partial charge is 0.261 e. The van der Waals surface area contributed by atoms with Crippen LogP contribution in [0.5, 0.6) is 5.75 Å². The first kappa shape index (κ1) is 20.9. The largest absolute Gasteiger partial charge is 0.497 e. The van der Waals surface area contributed by atoms with Gasteiger partial charge in [-0.25, -0.2) is 8.42 Å². The summed E-state index contributed by atoms with van der Waals surface area (Å²) in [5, 5.41) is 6.62. The Hall–Kier alpha value is -3.40. The van der Waals surface area contributed by atoms with Gasteiger partial charge in [0.2, 0.25) is 5.89 Å². The van der Waals surface area contributed by atoms with Crippen LogP contribution in [0.3, 0.4) is 0 Å². The van der Waals surface area contributed by atoms with E-state index in [1.165, 1.54) is 19.2 Å². The van der Waals surface area contributed by atoms with E-state index in [1.54, 1.807) is 37.3 Å². The van der Waals surface area contributed by atoms with E-state index in [4.69, 9.17) is 9.26 Å². The molecule has 31 heavy (non-hydrogen) atoms. The molecule has 2 aromatic carbocycles. The van der Waals surface area contributed by atoms with Crippen molar-refractivity contribution in [2.24, 2.45) is 0 Å². The fraction of sp³-hybridized carbons (Fsp3) is 0.286. The molecule has 0 saturated heterocycles. The Morgan fingerprint density at radius 3 is 2.61 bits per heavy atom. The van der Waals surface area contributed by atoms with E-state index >= 15 is 0 Å². The summed E-state index contributed by atoms with van der Waals surface area (Å²) in [4.78, 5) is 16.9. The Morgan fingerprint density at radius 1 is 1.19 bits per heavy atom. The number of rotatable bonds is 8. The van der Waals surface area contributed by atoms with Gasteiger partial charge in [0.15, 0.2) is 5.82 Å². The number of aryl methyl sites for hydroxylation is 1. The van der Waals surface area contributed by atoms with Gasteiger partial charge in [0.05, 0.1) is 18.6 Å². The second kappa shape index (κ2) is 8.38. The first-order valence-electron chi connectivity index (χ1n) is 9.74. The van der Waals surface area contributed by atoms with Gasteiger partial charge in [0.1, 0.15) is 5.75 Å². The number of nitrogens with zero attached hydrogens (tertiary/aromatic N) is 2. The maximum Gasteiger partial charge on any atom is 0.261 e. The highest BCUT2D eigenvalue weighted by molar-refractivity contribution is 7.92. The van der Waals surface area contributed by atoms with E-state index in [1.807, 2.05) is 0 Å². The van der Waals surface area contributed by atoms with Crippen molar-refractivity contribution in [3.8, 4) is 5.75 Å². The van der Waals surface area contributed by atoms with Gasteiger partial charge in [-0.3, -0.25) is 9.52 Å². The van der Waals surface area contributed by atoms with Gasteiger partial charge in [0, 0.05) is 17.2 Å². The fourth-order valence-corrected chi connectivity index (χ4v) is 4.07. The van der Waals surface area contributed by atoms with Gasteiger partial charge < -0.3 is 14.6 Å². The molecule has 0 spiro atoms. The van der Waals surface area contributed by atoms with Crippen molar-refractivity contribution >= 4 is 21.6 Å². The SMILES string of the molecule is COc1ccc(NS(=O)(=O)c2ccc(C)c(C(=O)NCc3nc(C4CC4)no3)c2)cc1. The Balaban J connectivity index is 1.47. The van der Waals surface area contributed by atoms with Crippen LogP contribution in [0, 0.1) is 6.92 Å². The summed E-state index contributed by atoms with van der Waals surface area (Å²) >= 11 is 0. The Bertz CT molecular complexity index is 1200. The summed E-state index contributed by atoms with van der Waals surface area (Å²) in [7, 11) is -2.35. The second-order valence-electron chi connectivity index (χ2n) is 7.31. The first-order chi connectivity index (χ1) is 14.9. The Morgan fingerprint density at radius 2 is 1.94 bits per heavy atom. The van der Waals surface area contributed by atoms with Crippen molar-refractivity contribution in [1.82, 2.24) is 15.5 Å². The molecule has 1 heterocycles. The quantitative estimate of drug-likeness (QED) is 0.550. The van der Waals surface area contributed by atoms with Crippen molar-refractivity contribution in [3.63, 3.8) is 0 Å². The van der Waals surface area contributed by atoms with Crippen LogP contribution < -0.4 is 14.8 Å². The summed E-state index contributed by atoms with van der Waals surface area (Å²) in [6, 6.07) is 10.9. The van der Waals surface area contributed by atoms with Crippen LogP contribution in [0.1, 0.15) is 46.4 Å². The molecular formula is C21H22N4O5S. The number of aromatic nitrogens is 2. The van der Waals surface area contributed by atoms with Gasteiger partial charge in [-0.15, -0.1) is 0 Å². The van der Waals surface area contributed by atoms with Gasteiger partial charge >= 0.3 is 0 Å². The number of hydrogen-bond donors (Lipinski definition) is 2. The van der Waals surface area contributed by atoms with Crippen LogP contribution in [-0.2, 0) is 16.6 Å². The number of carbonyl (C=O) groups excluding carboxylic acids is 1. The number of hydrogen-bond acceptors (Lipinski definition) is 7. The van der Waals surface area contributed by atoms with E-state index in [0.717, 1.165) is 12.8 Å². The zero-order valence-corrected chi connectivity index (χ0v) is 17.9. The van der Waals surface area contributed by atoms with Crippen molar-refractivity contribution in [1.29, 1.82) is 0 Å². The number of ether oxygens (including phenoxy) is 1. The third kappa shape index (κ3) is 4.85. The van der Waals surface area contributed by atoms with E-state index < -0.39 is 15.9 Å².